The van der Waals surface area contributed by atoms with Crippen LogP contribution < -0.4 is 0 Å². The van der Waals surface area contributed by atoms with E-state index in [2.05, 4.69) is 118 Å². The second-order valence-electron chi connectivity index (χ2n) is 25.8. The minimum absolute atomic E-state index is 0.106. The number of esters is 3. The van der Waals surface area contributed by atoms with Crippen LogP contribution in [0.15, 0.2) is 97.2 Å². The maximum Gasteiger partial charge on any atom is 0.472 e. The highest BCUT2D eigenvalue weighted by Crippen LogP contribution is 2.45. The van der Waals surface area contributed by atoms with Gasteiger partial charge in [-0.2, -0.15) is 0 Å². The Hall–Kier alpha value is -3.53. The molecule has 0 bridgehead atoms. The fourth-order valence-corrected chi connectivity index (χ4v) is 12.1. The summed E-state index contributed by atoms with van der Waals surface area (Å²) < 4.78 is 61.0. The van der Waals surface area contributed by atoms with Gasteiger partial charge in [-0.05, 0) is 96.3 Å². The molecule has 0 aromatic rings. The lowest BCUT2D eigenvalue weighted by Gasteiger charge is -2.21. The van der Waals surface area contributed by atoms with E-state index in [0.29, 0.717) is 19.3 Å². The zero-order valence-corrected chi connectivity index (χ0v) is 63.0. The van der Waals surface area contributed by atoms with Crippen molar-refractivity contribution in [1.29, 1.82) is 0 Å². The third-order valence-electron chi connectivity index (χ3n) is 16.3. The van der Waals surface area contributed by atoms with E-state index in [-0.39, 0.29) is 19.3 Å². The van der Waals surface area contributed by atoms with Crippen molar-refractivity contribution in [2.75, 3.05) is 39.6 Å². The van der Waals surface area contributed by atoms with Crippen LogP contribution >= 0.6 is 15.6 Å². The Bertz CT molecular complexity index is 2150. The molecule has 16 nitrogen and oxygen atoms in total. The second kappa shape index (κ2) is 72.3. The third kappa shape index (κ3) is 73.5. The molecule has 97 heavy (non-hydrogen) atoms. The zero-order valence-electron chi connectivity index (χ0n) is 61.2. The summed E-state index contributed by atoms with van der Waals surface area (Å²) in [6.45, 7) is 2.48. The number of aliphatic hydroxyl groups excluding tert-OH is 2. The molecule has 0 aliphatic heterocycles. The molecule has 0 rings (SSSR count). The minimum atomic E-state index is -4.92. The summed E-state index contributed by atoms with van der Waals surface area (Å²) in [5.74, 6) is -1.57. The van der Waals surface area contributed by atoms with Crippen LogP contribution in [0.5, 0.6) is 0 Å². The average Bonchev–Trinajstić information content (AvgIpc) is 1.62. The van der Waals surface area contributed by atoms with Gasteiger partial charge in [-0.3, -0.25) is 32.5 Å². The van der Waals surface area contributed by atoms with Crippen molar-refractivity contribution >= 4 is 33.6 Å². The van der Waals surface area contributed by atoms with E-state index in [1.807, 2.05) is 0 Å². The molecule has 0 radical (unpaired) electrons. The number of aliphatic hydroxyl groups is 2. The van der Waals surface area contributed by atoms with Gasteiger partial charge in [-0.25, -0.2) is 9.13 Å². The summed E-state index contributed by atoms with van der Waals surface area (Å²) in [5, 5.41) is 20.6. The standard InChI is InChI=1S/C79H140O16P2/c1-4-7-10-13-16-19-22-25-27-29-30-31-32-33-34-35-36-37-38-39-40-41-42-44-46-48-50-53-56-59-62-65-77(82)89-68-74(80)69-91-96(85,86)92-70-75(81)71-93-97(87,88)94-73-76(95-79(84)67-64-61-58-55-52-47-24-21-18-15-12-9-6-3)72-90-78(83)66-63-60-57-54-51-49-45-43-28-26-23-20-17-14-11-8-5-2/h7-8,10-11,16-17,19-20,25-28,30-31,33-34,74-76,80-81H,4-6,9,12-15,18,21-24,29,32,35-73H2,1-3H3,(H,85,86)(H,87,88)/b10-7-,11-8-,19-16-,20-17-,27-25-,28-26-,31-30-,34-33-. The van der Waals surface area contributed by atoms with E-state index in [9.17, 15) is 43.5 Å². The Labute approximate surface area is 590 Å². The van der Waals surface area contributed by atoms with Crippen molar-refractivity contribution in [3.05, 3.63) is 97.2 Å². The molecule has 18 heteroatoms. The highest BCUT2D eigenvalue weighted by atomic mass is 31.2. The van der Waals surface area contributed by atoms with Gasteiger partial charge in [-0.1, -0.05) is 311 Å². The molecule has 0 spiro atoms. The molecule has 4 N–H and O–H groups in total. The van der Waals surface area contributed by atoms with Crippen molar-refractivity contribution in [3.63, 3.8) is 0 Å². The van der Waals surface area contributed by atoms with Gasteiger partial charge in [0.1, 0.15) is 25.4 Å². The first-order valence-electron chi connectivity index (χ1n) is 38.5. The summed E-state index contributed by atoms with van der Waals surface area (Å²) >= 11 is 0. The molecule has 0 aromatic carbocycles. The maximum absolute atomic E-state index is 12.9. The van der Waals surface area contributed by atoms with Crippen LogP contribution in [-0.2, 0) is 55.8 Å². The van der Waals surface area contributed by atoms with Crippen molar-refractivity contribution < 1.29 is 75.8 Å². The number of hydrogen-bond acceptors (Lipinski definition) is 14. The molecule has 0 aliphatic carbocycles. The second-order valence-corrected chi connectivity index (χ2v) is 28.7. The normalized spacial score (nSPS) is 14.6. The average molecular weight is 1410 g/mol. The quantitative estimate of drug-likeness (QED) is 0.0146. The molecule has 0 heterocycles. The number of rotatable bonds is 73. The van der Waals surface area contributed by atoms with Crippen LogP contribution in [0, 0.1) is 0 Å². The zero-order chi connectivity index (χ0) is 70.9. The predicted octanol–water partition coefficient (Wildman–Crippen LogP) is 22.2. The number of allylic oxidation sites excluding steroid dienone is 16. The van der Waals surface area contributed by atoms with Crippen LogP contribution in [0.3, 0.4) is 0 Å². The number of carbonyl (C=O) groups is 3. The summed E-state index contributed by atoms with van der Waals surface area (Å²) in [4.78, 5) is 58.5. The Kier molecular flexibility index (Phi) is 69.6. The lowest BCUT2D eigenvalue weighted by atomic mass is 10.0. The summed E-state index contributed by atoms with van der Waals surface area (Å²) in [6, 6.07) is 0. The van der Waals surface area contributed by atoms with Crippen LogP contribution in [0.2, 0.25) is 0 Å². The first kappa shape index (κ1) is 93.5. The van der Waals surface area contributed by atoms with E-state index in [0.717, 1.165) is 141 Å². The van der Waals surface area contributed by atoms with E-state index in [4.69, 9.17) is 32.3 Å². The fourth-order valence-electron chi connectivity index (χ4n) is 10.5. The van der Waals surface area contributed by atoms with Gasteiger partial charge in [0.05, 0.1) is 26.4 Å². The molecule has 0 aromatic heterocycles. The van der Waals surface area contributed by atoms with Gasteiger partial charge in [0.2, 0.25) is 0 Å². The molecule has 0 aliphatic rings. The number of phosphoric ester groups is 2. The monoisotopic (exact) mass is 1410 g/mol. The van der Waals surface area contributed by atoms with E-state index in [1.54, 1.807) is 0 Å². The fraction of sp³-hybridized carbons (Fsp3) is 0.759. The van der Waals surface area contributed by atoms with Gasteiger partial charge in [0.25, 0.3) is 0 Å². The van der Waals surface area contributed by atoms with E-state index in [1.165, 1.54) is 128 Å². The number of ether oxygens (including phenoxy) is 3. The van der Waals surface area contributed by atoms with Crippen LogP contribution in [0.4, 0.5) is 0 Å². The van der Waals surface area contributed by atoms with Gasteiger partial charge < -0.3 is 34.2 Å². The van der Waals surface area contributed by atoms with E-state index < -0.39 is 91.5 Å². The van der Waals surface area contributed by atoms with Crippen molar-refractivity contribution in [1.82, 2.24) is 0 Å². The third-order valence-corrected chi connectivity index (χ3v) is 18.2. The van der Waals surface area contributed by atoms with Gasteiger partial charge >= 0.3 is 33.6 Å². The van der Waals surface area contributed by atoms with Crippen molar-refractivity contribution in [2.45, 2.75) is 347 Å². The number of carbonyl (C=O) groups excluding carboxylic acids is 3. The molecule has 0 fully saturated rings. The summed E-state index contributed by atoms with van der Waals surface area (Å²) in [5.41, 5.74) is 0. The first-order chi connectivity index (χ1) is 47.2. The molecule has 5 atom stereocenters. The molecule has 5 unspecified atom stereocenters. The molecular formula is C79H140O16P2. The van der Waals surface area contributed by atoms with Crippen molar-refractivity contribution in [2.24, 2.45) is 0 Å². The van der Waals surface area contributed by atoms with Crippen LogP contribution in [-0.4, -0.2) is 95.9 Å². The highest BCUT2D eigenvalue weighted by Gasteiger charge is 2.29. The Morgan fingerprint density at radius 1 is 0.299 bits per heavy atom. The van der Waals surface area contributed by atoms with E-state index >= 15 is 0 Å². The molecule has 0 saturated carbocycles. The van der Waals surface area contributed by atoms with Gasteiger partial charge in [0.15, 0.2) is 6.10 Å². The van der Waals surface area contributed by atoms with Gasteiger partial charge in [0, 0.05) is 19.3 Å². The summed E-state index contributed by atoms with van der Waals surface area (Å²) in [7, 11) is -9.77. The minimum Gasteiger partial charge on any atom is -0.463 e. The lowest BCUT2D eigenvalue weighted by Crippen LogP contribution is -2.30. The van der Waals surface area contributed by atoms with Crippen LogP contribution in [0.1, 0.15) is 329 Å². The number of unbranched alkanes of at least 4 members (excludes halogenated alkanes) is 34. The Morgan fingerprint density at radius 2 is 0.546 bits per heavy atom. The smallest absolute Gasteiger partial charge is 0.463 e. The SMILES string of the molecule is CC/C=C\C/C=C\C/C=C\C/C=C\C/C=C\CCCCCCCCCCCCCCCCCC(=O)OCC(O)COP(=O)(O)OCC(O)COP(=O)(O)OCC(COC(=O)CCCCCCCCC/C=C\C/C=C\C/C=C\CC)OC(=O)CCCCCCCCCCCCCCC. The Morgan fingerprint density at radius 3 is 0.866 bits per heavy atom. The number of phosphoric acid groups is 2. The topological polar surface area (TPSA) is 231 Å². The number of hydrogen-bond donors (Lipinski definition) is 4. The lowest BCUT2D eigenvalue weighted by molar-refractivity contribution is -0.161. The molecule has 562 valence electrons. The largest absolute Gasteiger partial charge is 0.472 e. The van der Waals surface area contributed by atoms with Crippen molar-refractivity contribution in [3.8, 4) is 0 Å². The Balaban J connectivity index is 4.41. The maximum atomic E-state index is 12.9. The molecule has 0 saturated heterocycles. The highest BCUT2D eigenvalue weighted by molar-refractivity contribution is 7.47. The van der Waals surface area contributed by atoms with Gasteiger partial charge in [-0.15, -0.1) is 0 Å². The van der Waals surface area contributed by atoms with Crippen LogP contribution in [0.25, 0.3) is 0 Å². The summed E-state index contributed by atoms with van der Waals surface area (Å²) in [6.07, 6.45) is 81.8. The molecular weight excluding hydrogens is 1270 g/mol. The molecule has 0 amide bonds. The predicted molar refractivity (Wildman–Crippen MR) is 399 cm³/mol. The first-order valence-corrected chi connectivity index (χ1v) is 41.5.